The number of nitrogens with zero attached hydrogens (tertiary/aromatic N) is 5. The Labute approximate surface area is 166 Å². The predicted octanol–water partition coefficient (Wildman–Crippen LogP) is 2.18. The van der Waals surface area contributed by atoms with E-state index in [9.17, 15) is 4.79 Å². The summed E-state index contributed by atoms with van der Waals surface area (Å²) in [5.74, 6) is 0.735. The van der Waals surface area contributed by atoms with Crippen molar-refractivity contribution in [1.29, 1.82) is 0 Å². The van der Waals surface area contributed by atoms with Crippen molar-refractivity contribution < 1.29 is 4.79 Å². The van der Waals surface area contributed by atoms with Crippen LogP contribution in [-0.2, 0) is 11.2 Å². The average molecular weight is 383 g/mol. The van der Waals surface area contributed by atoms with Crippen LogP contribution in [0.5, 0.6) is 0 Å². The van der Waals surface area contributed by atoms with Gasteiger partial charge >= 0.3 is 0 Å². The number of amides is 1. The third-order valence-electron chi connectivity index (χ3n) is 6.32. The summed E-state index contributed by atoms with van der Waals surface area (Å²) in [5.41, 5.74) is 4.61. The molecule has 0 aliphatic carbocycles. The minimum absolute atomic E-state index is 0.165. The molecule has 0 spiro atoms. The van der Waals surface area contributed by atoms with Crippen molar-refractivity contribution in [2.24, 2.45) is 0 Å². The van der Waals surface area contributed by atoms with Gasteiger partial charge in [-0.25, -0.2) is 14.6 Å². The fraction of sp³-hybridized carbons (Fsp3) is 0.619. The molecule has 150 valence electrons. The summed E-state index contributed by atoms with van der Waals surface area (Å²) in [5, 5.41) is 8.28. The SMILES string of the molecule is Cc1cc(C)nc(-n2nc(C)c(CC(=O)N(C)C3CC4CCC(C3)N4)c2C)n1. The summed E-state index contributed by atoms with van der Waals surface area (Å²) >= 11 is 0. The number of hydrogen-bond acceptors (Lipinski definition) is 5. The molecule has 7 nitrogen and oxygen atoms in total. The summed E-state index contributed by atoms with van der Waals surface area (Å²) in [6, 6.07) is 3.43. The van der Waals surface area contributed by atoms with Crippen LogP contribution in [0.2, 0.25) is 0 Å². The second-order valence-electron chi connectivity index (χ2n) is 8.46. The maximum Gasteiger partial charge on any atom is 0.251 e. The van der Waals surface area contributed by atoms with Crippen molar-refractivity contribution in [1.82, 2.24) is 30.0 Å². The molecule has 4 rings (SSSR count). The van der Waals surface area contributed by atoms with E-state index < -0.39 is 0 Å². The first-order valence-corrected chi connectivity index (χ1v) is 10.2. The molecule has 4 heterocycles. The molecule has 28 heavy (non-hydrogen) atoms. The van der Waals surface area contributed by atoms with Crippen molar-refractivity contribution in [3.05, 3.63) is 34.4 Å². The van der Waals surface area contributed by atoms with E-state index in [2.05, 4.69) is 20.4 Å². The first-order valence-electron chi connectivity index (χ1n) is 10.2. The van der Waals surface area contributed by atoms with Crippen molar-refractivity contribution in [2.45, 2.75) is 77.9 Å². The second-order valence-corrected chi connectivity index (χ2v) is 8.46. The summed E-state index contributed by atoms with van der Waals surface area (Å²) in [4.78, 5) is 24.0. The Kier molecular flexibility index (Phi) is 4.95. The van der Waals surface area contributed by atoms with Crippen molar-refractivity contribution in [2.75, 3.05) is 7.05 Å². The first kappa shape index (κ1) is 19.1. The molecular formula is C21H30N6O. The van der Waals surface area contributed by atoms with Gasteiger partial charge in [-0.2, -0.15) is 5.10 Å². The van der Waals surface area contributed by atoms with E-state index in [0.29, 0.717) is 30.5 Å². The molecule has 1 N–H and O–H groups in total. The molecule has 1 amide bonds. The zero-order chi connectivity index (χ0) is 20.0. The Morgan fingerprint density at radius 1 is 1.14 bits per heavy atom. The Balaban J connectivity index is 1.53. The molecule has 2 aromatic heterocycles. The summed E-state index contributed by atoms with van der Waals surface area (Å²) in [6.07, 6.45) is 4.98. The Bertz CT molecular complexity index is 872. The van der Waals surface area contributed by atoms with E-state index in [1.807, 2.05) is 45.7 Å². The van der Waals surface area contributed by atoms with E-state index in [-0.39, 0.29) is 5.91 Å². The molecular weight excluding hydrogens is 352 g/mol. The molecule has 2 aliphatic heterocycles. The van der Waals surface area contributed by atoms with Gasteiger partial charge in [0.1, 0.15) is 0 Å². The van der Waals surface area contributed by atoms with E-state index in [0.717, 1.165) is 41.2 Å². The number of likely N-dealkylation sites (N-methyl/N-ethyl adjacent to an activating group) is 1. The van der Waals surface area contributed by atoms with Gasteiger partial charge in [-0.1, -0.05) is 0 Å². The second kappa shape index (κ2) is 7.28. The number of carbonyl (C=O) groups excluding carboxylic acids is 1. The van der Waals surface area contributed by atoms with Gasteiger partial charge in [0.05, 0.1) is 12.1 Å². The van der Waals surface area contributed by atoms with Crippen LogP contribution in [0.15, 0.2) is 6.07 Å². The van der Waals surface area contributed by atoms with E-state index in [1.165, 1.54) is 12.8 Å². The molecule has 2 bridgehead atoms. The highest BCUT2D eigenvalue weighted by Crippen LogP contribution is 2.29. The van der Waals surface area contributed by atoms with Crippen LogP contribution >= 0.6 is 0 Å². The minimum Gasteiger partial charge on any atom is -0.342 e. The Morgan fingerprint density at radius 3 is 2.36 bits per heavy atom. The van der Waals surface area contributed by atoms with Gasteiger partial charge in [0.2, 0.25) is 5.91 Å². The molecule has 0 aromatic carbocycles. The van der Waals surface area contributed by atoms with Gasteiger partial charge in [0, 0.05) is 47.8 Å². The van der Waals surface area contributed by atoms with E-state index >= 15 is 0 Å². The lowest BCUT2D eigenvalue weighted by molar-refractivity contribution is -0.131. The van der Waals surface area contributed by atoms with Crippen LogP contribution in [0.25, 0.3) is 5.95 Å². The van der Waals surface area contributed by atoms with Crippen LogP contribution in [-0.4, -0.2) is 55.7 Å². The number of fused-ring (bicyclic) bond motifs is 2. The molecule has 2 aliphatic rings. The lowest BCUT2D eigenvalue weighted by Crippen LogP contribution is -2.49. The molecule has 0 radical (unpaired) electrons. The normalized spacial score (nSPS) is 23.8. The van der Waals surface area contributed by atoms with Crippen molar-refractivity contribution >= 4 is 5.91 Å². The monoisotopic (exact) mass is 382 g/mol. The number of piperidine rings is 1. The average Bonchev–Trinajstić information content (AvgIpc) is 3.12. The molecule has 2 fully saturated rings. The Hall–Kier alpha value is -2.28. The number of rotatable bonds is 4. The van der Waals surface area contributed by atoms with Crippen LogP contribution in [0.4, 0.5) is 0 Å². The first-order chi connectivity index (χ1) is 13.3. The lowest BCUT2D eigenvalue weighted by Gasteiger charge is -2.35. The van der Waals surface area contributed by atoms with Crippen molar-refractivity contribution in [3.8, 4) is 5.95 Å². The zero-order valence-corrected chi connectivity index (χ0v) is 17.5. The van der Waals surface area contributed by atoms with Crippen LogP contribution < -0.4 is 5.32 Å². The van der Waals surface area contributed by atoms with Gasteiger partial charge in [-0.3, -0.25) is 4.79 Å². The smallest absolute Gasteiger partial charge is 0.251 e. The number of nitrogens with one attached hydrogen (secondary N) is 1. The molecule has 2 unspecified atom stereocenters. The topological polar surface area (TPSA) is 75.9 Å². The fourth-order valence-electron chi connectivity index (χ4n) is 4.75. The molecule has 7 heteroatoms. The maximum atomic E-state index is 13.0. The highest BCUT2D eigenvalue weighted by Gasteiger charge is 2.36. The molecule has 2 saturated heterocycles. The van der Waals surface area contributed by atoms with Gasteiger partial charge in [-0.05, 0) is 59.4 Å². The fourth-order valence-corrected chi connectivity index (χ4v) is 4.75. The number of aryl methyl sites for hydroxylation is 3. The minimum atomic E-state index is 0.165. The molecule has 2 aromatic rings. The van der Waals surface area contributed by atoms with Gasteiger partial charge in [0.15, 0.2) is 0 Å². The Morgan fingerprint density at radius 2 is 1.75 bits per heavy atom. The standard InChI is InChI=1S/C21H30N6O/c1-12-8-13(2)23-21(22-12)27-15(4)19(14(3)25-27)11-20(28)26(5)18-9-16-6-7-17(10-18)24-16/h8,16-18,24H,6-7,9-11H2,1-5H3. The summed E-state index contributed by atoms with van der Waals surface area (Å²) in [7, 11) is 1.96. The number of aromatic nitrogens is 4. The van der Waals surface area contributed by atoms with Crippen LogP contribution in [0.1, 0.15) is 54.0 Å². The van der Waals surface area contributed by atoms with Gasteiger partial charge in [0.25, 0.3) is 5.95 Å². The number of carbonyl (C=O) groups is 1. The summed E-state index contributed by atoms with van der Waals surface area (Å²) in [6.45, 7) is 7.86. The van der Waals surface area contributed by atoms with Crippen molar-refractivity contribution in [3.63, 3.8) is 0 Å². The largest absolute Gasteiger partial charge is 0.342 e. The van der Waals surface area contributed by atoms with E-state index in [4.69, 9.17) is 0 Å². The summed E-state index contributed by atoms with van der Waals surface area (Å²) < 4.78 is 1.77. The van der Waals surface area contributed by atoms with Crippen LogP contribution in [0.3, 0.4) is 0 Å². The highest BCUT2D eigenvalue weighted by molar-refractivity contribution is 5.79. The van der Waals surface area contributed by atoms with Gasteiger partial charge in [-0.15, -0.1) is 0 Å². The maximum absolute atomic E-state index is 13.0. The van der Waals surface area contributed by atoms with E-state index in [1.54, 1.807) is 4.68 Å². The lowest BCUT2D eigenvalue weighted by atomic mass is 9.98. The third-order valence-corrected chi connectivity index (χ3v) is 6.32. The molecule has 2 atom stereocenters. The molecule has 0 saturated carbocycles. The van der Waals surface area contributed by atoms with Crippen LogP contribution in [0, 0.1) is 27.7 Å². The predicted molar refractivity (Wildman–Crippen MR) is 108 cm³/mol. The quantitative estimate of drug-likeness (QED) is 0.877. The highest BCUT2D eigenvalue weighted by atomic mass is 16.2. The van der Waals surface area contributed by atoms with Gasteiger partial charge < -0.3 is 10.2 Å². The third kappa shape index (κ3) is 3.55. The number of hydrogen-bond donors (Lipinski definition) is 1. The zero-order valence-electron chi connectivity index (χ0n) is 17.5.